The molecule has 1 amide bonds. The van der Waals surface area contributed by atoms with E-state index < -0.39 is 22.7 Å². The summed E-state index contributed by atoms with van der Waals surface area (Å²) in [7, 11) is -1.10. The van der Waals surface area contributed by atoms with Crippen molar-refractivity contribution < 1.29 is 18.5 Å². The number of esters is 1. The van der Waals surface area contributed by atoms with Crippen LogP contribution in [0.5, 0.6) is 0 Å². The number of carbonyl (C=O) groups excluding carboxylic acids is 2. The number of anilines is 1. The third-order valence-corrected chi connectivity index (χ3v) is 4.81. The molecular formula is C17H17NO4S2. The van der Waals surface area contributed by atoms with Gasteiger partial charge in [-0.15, -0.1) is 11.8 Å². The highest BCUT2D eigenvalue weighted by molar-refractivity contribution is 7.98. The molecule has 0 aliphatic carbocycles. The van der Waals surface area contributed by atoms with Crippen molar-refractivity contribution in [1.82, 2.24) is 0 Å². The first kappa shape index (κ1) is 18.2. The summed E-state index contributed by atoms with van der Waals surface area (Å²) in [6, 6.07) is 13.6. The molecule has 5 nitrogen and oxygen atoms in total. The summed E-state index contributed by atoms with van der Waals surface area (Å²) < 4.78 is 16.3. The average Bonchev–Trinajstić information content (AvgIpc) is 2.60. The second-order valence-electron chi connectivity index (χ2n) is 4.83. The number of nitrogens with one attached hydrogen (secondary N) is 1. The van der Waals surface area contributed by atoms with Gasteiger partial charge in [0.15, 0.2) is 6.61 Å². The van der Waals surface area contributed by atoms with Gasteiger partial charge < -0.3 is 10.1 Å². The highest BCUT2D eigenvalue weighted by Gasteiger charge is 2.11. The van der Waals surface area contributed by atoms with Crippen LogP contribution in [-0.2, 0) is 20.3 Å². The summed E-state index contributed by atoms with van der Waals surface area (Å²) in [4.78, 5) is 25.4. The lowest BCUT2D eigenvalue weighted by Crippen LogP contribution is -2.20. The van der Waals surface area contributed by atoms with Crippen LogP contribution in [-0.4, -0.2) is 35.2 Å². The van der Waals surface area contributed by atoms with Gasteiger partial charge in [0, 0.05) is 32.5 Å². The molecule has 0 aromatic heterocycles. The molecule has 0 spiro atoms. The van der Waals surface area contributed by atoms with Gasteiger partial charge >= 0.3 is 5.97 Å². The van der Waals surface area contributed by atoms with E-state index in [-0.39, 0.29) is 6.61 Å². The molecule has 1 atom stereocenters. The van der Waals surface area contributed by atoms with Gasteiger partial charge in [-0.25, -0.2) is 4.79 Å². The summed E-state index contributed by atoms with van der Waals surface area (Å²) in [5, 5.41) is 2.66. The molecule has 1 unspecified atom stereocenters. The van der Waals surface area contributed by atoms with Gasteiger partial charge in [0.1, 0.15) is 0 Å². The van der Waals surface area contributed by atoms with Gasteiger partial charge in [-0.3, -0.25) is 9.00 Å². The van der Waals surface area contributed by atoms with E-state index in [0.29, 0.717) is 16.1 Å². The average molecular weight is 363 g/mol. The minimum atomic E-state index is -1.10. The van der Waals surface area contributed by atoms with E-state index in [1.165, 1.54) is 12.1 Å². The zero-order valence-corrected chi connectivity index (χ0v) is 14.9. The Balaban J connectivity index is 1.86. The van der Waals surface area contributed by atoms with Crippen molar-refractivity contribution in [1.29, 1.82) is 0 Å². The van der Waals surface area contributed by atoms with Crippen LogP contribution >= 0.6 is 11.8 Å². The summed E-state index contributed by atoms with van der Waals surface area (Å²) in [6.07, 6.45) is 3.53. The predicted molar refractivity (Wildman–Crippen MR) is 95.9 cm³/mol. The van der Waals surface area contributed by atoms with Crippen LogP contribution in [0.25, 0.3) is 0 Å². The quantitative estimate of drug-likeness (QED) is 0.631. The van der Waals surface area contributed by atoms with E-state index in [1.807, 2.05) is 18.4 Å². The molecule has 126 valence electrons. The van der Waals surface area contributed by atoms with E-state index >= 15 is 0 Å². The molecule has 24 heavy (non-hydrogen) atoms. The highest BCUT2D eigenvalue weighted by atomic mass is 32.2. The monoisotopic (exact) mass is 363 g/mol. The number of carbonyl (C=O) groups is 2. The molecule has 2 aromatic rings. The molecule has 0 aliphatic rings. The molecule has 0 saturated carbocycles. The smallest absolute Gasteiger partial charge is 0.338 e. The Kier molecular flexibility index (Phi) is 6.57. The van der Waals surface area contributed by atoms with Crippen LogP contribution in [0.2, 0.25) is 0 Å². The summed E-state index contributed by atoms with van der Waals surface area (Å²) in [6.45, 7) is -0.370. The highest BCUT2D eigenvalue weighted by Crippen LogP contribution is 2.17. The Morgan fingerprint density at radius 2 is 1.71 bits per heavy atom. The van der Waals surface area contributed by atoms with Crippen LogP contribution < -0.4 is 5.32 Å². The Morgan fingerprint density at radius 1 is 1.08 bits per heavy atom. The van der Waals surface area contributed by atoms with Crippen LogP contribution in [0.1, 0.15) is 10.4 Å². The van der Waals surface area contributed by atoms with Crippen LogP contribution in [0.4, 0.5) is 5.69 Å². The lowest BCUT2D eigenvalue weighted by atomic mass is 10.2. The van der Waals surface area contributed by atoms with Crippen molar-refractivity contribution in [3.63, 3.8) is 0 Å². The van der Waals surface area contributed by atoms with Gasteiger partial charge in [-0.05, 0) is 54.8 Å². The Hall–Kier alpha value is -2.12. The number of ether oxygens (including phenoxy) is 1. The van der Waals surface area contributed by atoms with Crippen molar-refractivity contribution in [2.24, 2.45) is 0 Å². The Morgan fingerprint density at radius 3 is 2.25 bits per heavy atom. The second-order valence-corrected chi connectivity index (χ2v) is 7.09. The first-order valence-corrected chi connectivity index (χ1v) is 9.82. The van der Waals surface area contributed by atoms with Gasteiger partial charge in [0.2, 0.25) is 0 Å². The lowest BCUT2D eigenvalue weighted by molar-refractivity contribution is -0.119. The molecule has 0 aliphatic heterocycles. The van der Waals surface area contributed by atoms with Crippen LogP contribution in [0, 0.1) is 0 Å². The normalized spacial score (nSPS) is 11.6. The predicted octanol–water partition coefficient (Wildman–Crippen LogP) is 2.94. The maximum atomic E-state index is 11.9. The van der Waals surface area contributed by atoms with E-state index in [1.54, 1.807) is 42.3 Å². The number of amides is 1. The lowest BCUT2D eigenvalue weighted by Gasteiger charge is -2.07. The molecule has 0 fully saturated rings. The minimum absolute atomic E-state index is 0.307. The molecule has 2 aromatic carbocycles. The van der Waals surface area contributed by atoms with Crippen molar-refractivity contribution in [2.45, 2.75) is 9.79 Å². The summed E-state index contributed by atoms with van der Waals surface area (Å²) in [5.74, 6) is -1.01. The molecule has 0 heterocycles. The van der Waals surface area contributed by atoms with E-state index in [4.69, 9.17) is 4.74 Å². The largest absolute Gasteiger partial charge is 0.452 e. The zero-order chi connectivity index (χ0) is 17.5. The van der Waals surface area contributed by atoms with E-state index in [2.05, 4.69) is 5.32 Å². The van der Waals surface area contributed by atoms with Crippen molar-refractivity contribution >= 4 is 40.1 Å². The number of hydrogen-bond donors (Lipinski definition) is 1. The fraction of sp³-hybridized carbons (Fsp3) is 0.176. The third kappa shape index (κ3) is 5.21. The SMILES string of the molecule is CSc1ccc(NC(=O)COC(=O)c2ccc(S(C)=O)cc2)cc1. The van der Waals surface area contributed by atoms with Crippen LogP contribution in [0.15, 0.2) is 58.3 Å². The van der Waals surface area contributed by atoms with Crippen LogP contribution in [0.3, 0.4) is 0 Å². The summed E-state index contributed by atoms with van der Waals surface area (Å²) >= 11 is 1.61. The molecule has 2 rings (SSSR count). The van der Waals surface area contributed by atoms with Gasteiger partial charge in [-0.1, -0.05) is 0 Å². The second kappa shape index (κ2) is 8.65. The topological polar surface area (TPSA) is 72.5 Å². The molecule has 1 N–H and O–H groups in total. The molecule has 0 saturated heterocycles. The third-order valence-electron chi connectivity index (χ3n) is 3.13. The fourth-order valence-corrected chi connectivity index (χ4v) is 2.80. The first-order chi connectivity index (χ1) is 11.5. The summed E-state index contributed by atoms with van der Waals surface area (Å²) in [5.41, 5.74) is 0.949. The molecule has 7 heteroatoms. The maximum Gasteiger partial charge on any atom is 0.338 e. The molecule has 0 radical (unpaired) electrons. The van der Waals surface area contributed by atoms with Gasteiger partial charge in [-0.2, -0.15) is 0 Å². The van der Waals surface area contributed by atoms with E-state index in [0.717, 1.165) is 4.90 Å². The minimum Gasteiger partial charge on any atom is -0.452 e. The van der Waals surface area contributed by atoms with Crippen molar-refractivity contribution in [2.75, 3.05) is 24.4 Å². The molecular weight excluding hydrogens is 346 g/mol. The Bertz CT molecular complexity index is 742. The Labute approximate surface area is 147 Å². The van der Waals surface area contributed by atoms with Gasteiger partial charge in [0.05, 0.1) is 5.56 Å². The number of hydrogen-bond acceptors (Lipinski definition) is 5. The number of thioether (sulfide) groups is 1. The first-order valence-electron chi connectivity index (χ1n) is 7.04. The van der Waals surface area contributed by atoms with Crippen molar-refractivity contribution in [3.8, 4) is 0 Å². The maximum absolute atomic E-state index is 11.9. The fourth-order valence-electron chi connectivity index (χ4n) is 1.87. The zero-order valence-electron chi connectivity index (χ0n) is 13.3. The number of benzene rings is 2. The van der Waals surface area contributed by atoms with Crippen molar-refractivity contribution in [3.05, 3.63) is 54.1 Å². The van der Waals surface area contributed by atoms with E-state index in [9.17, 15) is 13.8 Å². The standard InChI is InChI=1S/C17H17NO4S2/c1-23-14-7-5-13(6-8-14)18-16(19)11-22-17(20)12-3-9-15(10-4-12)24(2)21/h3-10H,11H2,1-2H3,(H,18,19). The molecule has 0 bridgehead atoms. The van der Waals surface area contributed by atoms with Gasteiger partial charge in [0.25, 0.3) is 5.91 Å². The number of rotatable bonds is 6.